The van der Waals surface area contributed by atoms with Crippen molar-refractivity contribution in [3.63, 3.8) is 0 Å². The maximum absolute atomic E-state index is 10.5. The first-order chi connectivity index (χ1) is 9.26. The SMILES string of the molecule is COc1ccc(C(O)c2ccccc2SCCl)cc1. The van der Waals surface area contributed by atoms with E-state index in [9.17, 15) is 5.11 Å². The molecule has 1 atom stereocenters. The van der Waals surface area contributed by atoms with Crippen molar-refractivity contribution in [1.82, 2.24) is 0 Å². The Kier molecular flexibility index (Phi) is 5.14. The zero-order chi connectivity index (χ0) is 13.7. The summed E-state index contributed by atoms with van der Waals surface area (Å²) < 4.78 is 5.11. The summed E-state index contributed by atoms with van der Waals surface area (Å²) in [6, 6.07) is 15.2. The van der Waals surface area contributed by atoms with E-state index in [1.54, 1.807) is 7.11 Å². The standard InChI is InChI=1S/C15H15ClO2S/c1-18-12-8-6-11(7-9-12)15(17)13-4-2-3-5-14(13)19-10-16/h2-9,15,17H,10H2,1H3. The summed E-state index contributed by atoms with van der Waals surface area (Å²) in [6.07, 6.45) is -0.655. The second-order valence-corrected chi connectivity index (χ2v) is 5.57. The Bertz CT molecular complexity index is 528. The zero-order valence-corrected chi connectivity index (χ0v) is 12.1. The van der Waals surface area contributed by atoms with Crippen LogP contribution in [-0.4, -0.2) is 17.4 Å². The molecule has 4 heteroatoms. The van der Waals surface area contributed by atoms with Crippen LogP contribution in [0.2, 0.25) is 0 Å². The summed E-state index contributed by atoms with van der Waals surface area (Å²) >= 11 is 7.28. The van der Waals surface area contributed by atoms with E-state index in [0.717, 1.165) is 21.8 Å². The normalized spacial score (nSPS) is 12.2. The Morgan fingerprint density at radius 2 is 1.84 bits per heavy atom. The largest absolute Gasteiger partial charge is 0.497 e. The van der Waals surface area contributed by atoms with E-state index in [2.05, 4.69) is 0 Å². The summed E-state index contributed by atoms with van der Waals surface area (Å²) in [6.45, 7) is 0. The van der Waals surface area contributed by atoms with E-state index in [-0.39, 0.29) is 0 Å². The molecule has 19 heavy (non-hydrogen) atoms. The molecule has 100 valence electrons. The molecule has 0 heterocycles. The summed E-state index contributed by atoms with van der Waals surface area (Å²) in [4.78, 5) is 1.00. The number of methoxy groups -OCH3 is 1. The molecule has 2 aromatic carbocycles. The predicted molar refractivity (Wildman–Crippen MR) is 80.1 cm³/mol. The van der Waals surface area contributed by atoms with E-state index >= 15 is 0 Å². The van der Waals surface area contributed by atoms with Crippen molar-refractivity contribution in [3.8, 4) is 5.75 Å². The highest BCUT2D eigenvalue weighted by molar-refractivity contribution is 8.00. The lowest BCUT2D eigenvalue weighted by atomic mass is 10.0. The van der Waals surface area contributed by atoms with E-state index < -0.39 is 6.10 Å². The summed E-state index contributed by atoms with van der Waals surface area (Å²) in [7, 11) is 1.62. The van der Waals surface area contributed by atoms with Gasteiger partial charge < -0.3 is 9.84 Å². The maximum atomic E-state index is 10.5. The lowest BCUT2D eigenvalue weighted by Gasteiger charge is -2.15. The fraction of sp³-hybridized carbons (Fsp3) is 0.200. The Balaban J connectivity index is 2.29. The van der Waals surface area contributed by atoms with E-state index in [0.29, 0.717) is 5.21 Å². The van der Waals surface area contributed by atoms with Crippen LogP contribution in [0.3, 0.4) is 0 Å². The molecule has 1 unspecified atom stereocenters. The average Bonchev–Trinajstić information content (AvgIpc) is 2.47. The lowest BCUT2D eigenvalue weighted by Crippen LogP contribution is -2.01. The van der Waals surface area contributed by atoms with Crippen molar-refractivity contribution in [2.24, 2.45) is 0 Å². The van der Waals surface area contributed by atoms with Crippen molar-refractivity contribution < 1.29 is 9.84 Å². The summed E-state index contributed by atoms with van der Waals surface area (Å²) in [5.74, 6) is 0.777. The van der Waals surface area contributed by atoms with Gasteiger partial charge in [-0.2, -0.15) is 0 Å². The number of rotatable bonds is 5. The van der Waals surface area contributed by atoms with E-state index in [1.165, 1.54) is 11.8 Å². The highest BCUT2D eigenvalue weighted by atomic mass is 35.5. The number of aliphatic hydroxyl groups is 1. The molecule has 0 aliphatic rings. The molecule has 0 amide bonds. The molecule has 0 saturated heterocycles. The molecular weight excluding hydrogens is 280 g/mol. The third kappa shape index (κ3) is 3.44. The summed E-state index contributed by atoms with van der Waals surface area (Å²) in [5.41, 5.74) is 1.71. The molecule has 0 radical (unpaired) electrons. The Morgan fingerprint density at radius 1 is 1.16 bits per heavy atom. The first-order valence-electron chi connectivity index (χ1n) is 5.86. The molecule has 0 aromatic heterocycles. The van der Waals surface area contributed by atoms with Crippen molar-refractivity contribution >= 4 is 23.4 Å². The fourth-order valence-electron chi connectivity index (χ4n) is 1.86. The van der Waals surface area contributed by atoms with Crippen molar-refractivity contribution in [2.75, 3.05) is 12.3 Å². The van der Waals surface area contributed by atoms with Crippen LogP contribution in [0.1, 0.15) is 17.2 Å². The van der Waals surface area contributed by atoms with Crippen LogP contribution in [-0.2, 0) is 0 Å². The van der Waals surface area contributed by atoms with Crippen molar-refractivity contribution in [2.45, 2.75) is 11.0 Å². The van der Waals surface area contributed by atoms with Gasteiger partial charge in [0.05, 0.1) is 12.3 Å². The molecule has 0 aliphatic carbocycles. The molecule has 0 aliphatic heterocycles. The van der Waals surface area contributed by atoms with Gasteiger partial charge in [0.1, 0.15) is 11.9 Å². The highest BCUT2D eigenvalue weighted by Gasteiger charge is 2.14. The first kappa shape index (κ1) is 14.3. The number of halogens is 1. The van der Waals surface area contributed by atoms with Crippen LogP contribution >= 0.6 is 23.4 Å². The van der Waals surface area contributed by atoms with Crippen LogP contribution in [0.25, 0.3) is 0 Å². The van der Waals surface area contributed by atoms with Gasteiger partial charge in [-0.15, -0.1) is 23.4 Å². The van der Waals surface area contributed by atoms with Crippen LogP contribution in [0.15, 0.2) is 53.4 Å². The van der Waals surface area contributed by atoms with Gasteiger partial charge in [0.2, 0.25) is 0 Å². The number of ether oxygens (including phenoxy) is 1. The predicted octanol–water partition coefficient (Wildman–Crippen LogP) is 4.07. The lowest BCUT2D eigenvalue weighted by molar-refractivity contribution is 0.217. The first-order valence-corrected chi connectivity index (χ1v) is 7.38. The van der Waals surface area contributed by atoms with E-state index in [1.807, 2.05) is 48.5 Å². The zero-order valence-electron chi connectivity index (χ0n) is 10.5. The number of hydrogen-bond donors (Lipinski definition) is 1. The number of benzene rings is 2. The number of hydrogen-bond acceptors (Lipinski definition) is 3. The second-order valence-electron chi connectivity index (χ2n) is 3.97. The van der Waals surface area contributed by atoms with Crippen LogP contribution in [0.5, 0.6) is 5.75 Å². The van der Waals surface area contributed by atoms with Gasteiger partial charge in [-0.1, -0.05) is 30.3 Å². The van der Waals surface area contributed by atoms with E-state index in [4.69, 9.17) is 16.3 Å². The van der Waals surface area contributed by atoms with Gasteiger partial charge in [0, 0.05) is 4.90 Å². The quantitative estimate of drug-likeness (QED) is 0.666. The molecular formula is C15H15ClO2S. The van der Waals surface area contributed by atoms with Gasteiger partial charge in [-0.05, 0) is 29.3 Å². The second kappa shape index (κ2) is 6.85. The number of alkyl halides is 1. The fourth-order valence-corrected chi connectivity index (χ4v) is 2.85. The Hall–Kier alpha value is -1.16. The molecule has 1 N–H and O–H groups in total. The van der Waals surface area contributed by atoms with Gasteiger partial charge in [-0.3, -0.25) is 0 Å². The van der Waals surface area contributed by atoms with Gasteiger partial charge in [0.15, 0.2) is 0 Å². The van der Waals surface area contributed by atoms with Gasteiger partial charge >= 0.3 is 0 Å². The highest BCUT2D eigenvalue weighted by Crippen LogP contribution is 2.32. The maximum Gasteiger partial charge on any atom is 0.118 e. The van der Waals surface area contributed by atoms with Crippen LogP contribution in [0.4, 0.5) is 0 Å². The van der Waals surface area contributed by atoms with Gasteiger partial charge in [0.25, 0.3) is 0 Å². The van der Waals surface area contributed by atoms with Crippen molar-refractivity contribution in [3.05, 3.63) is 59.7 Å². The minimum atomic E-state index is -0.655. The summed E-state index contributed by atoms with van der Waals surface area (Å²) in [5, 5.41) is 10.9. The molecule has 2 nitrogen and oxygen atoms in total. The minimum Gasteiger partial charge on any atom is -0.497 e. The topological polar surface area (TPSA) is 29.5 Å². The Morgan fingerprint density at radius 3 is 2.47 bits per heavy atom. The molecule has 2 aromatic rings. The molecule has 0 spiro atoms. The van der Waals surface area contributed by atoms with Crippen LogP contribution in [0, 0.1) is 0 Å². The Labute approximate surface area is 122 Å². The number of aliphatic hydroxyl groups excluding tert-OH is 1. The third-order valence-electron chi connectivity index (χ3n) is 2.86. The molecule has 0 fully saturated rings. The number of thioether (sulfide) groups is 1. The van der Waals surface area contributed by atoms with Gasteiger partial charge in [-0.25, -0.2) is 0 Å². The average molecular weight is 295 g/mol. The minimum absolute atomic E-state index is 0.465. The van der Waals surface area contributed by atoms with Crippen LogP contribution < -0.4 is 4.74 Å². The third-order valence-corrected chi connectivity index (χ3v) is 3.97. The smallest absolute Gasteiger partial charge is 0.118 e. The monoisotopic (exact) mass is 294 g/mol. The molecule has 2 rings (SSSR count). The molecule has 0 bridgehead atoms. The molecule has 0 saturated carbocycles. The van der Waals surface area contributed by atoms with Crippen molar-refractivity contribution in [1.29, 1.82) is 0 Å².